The first-order valence-electron chi connectivity index (χ1n) is 21.9. The standard InChI is InChI=1S/C44H89NO2/c1-5-7-9-11-13-15-17-19-21-23-25-27-29-32-37-43(39-34-31-35-42-47-44(46)40-36-41-45(3)4)38-33-30-28-26-24-22-20-18-16-14-12-10-8-6-2/h43H,5-42H2,1-4H3. The highest BCUT2D eigenvalue weighted by Crippen LogP contribution is 2.25. The van der Waals surface area contributed by atoms with Crippen LogP contribution < -0.4 is 0 Å². The van der Waals surface area contributed by atoms with Crippen LogP contribution in [0.3, 0.4) is 0 Å². The Hall–Kier alpha value is -0.570. The van der Waals surface area contributed by atoms with Gasteiger partial charge in [0.25, 0.3) is 0 Å². The summed E-state index contributed by atoms with van der Waals surface area (Å²) in [5, 5.41) is 0. The van der Waals surface area contributed by atoms with Gasteiger partial charge < -0.3 is 9.64 Å². The highest BCUT2D eigenvalue weighted by molar-refractivity contribution is 5.69. The maximum Gasteiger partial charge on any atom is 0.305 e. The van der Waals surface area contributed by atoms with Crippen molar-refractivity contribution < 1.29 is 9.53 Å². The molecule has 0 saturated carbocycles. The molecule has 3 nitrogen and oxygen atoms in total. The van der Waals surface area contributed by atoms with E-state index in [0.29, 0.717) is 13.0 Å². The molecule has 0 aromatic rings. The normalized spacial score (nSPS) is 11.7. The molecule has 0 saturated heterocycles. The van der Waals surface area contributed by atoms with Crippen LogP contribution in [0.4, 0.5) is 0 Å². The van der Waals surface area contributed by atoms with Crippen molar-refractivity contribution >= 4 is 5.97 Å². The van der Waals surface area contributed by atoms with Gasteiger partial charge in [0.05, 0.1) is 6.61 Å². The molecule has 0 aliphatic heterocycles. The molecule has 0 unspecified atom stereocenters. The molecule has 0 atom stereocenters. The largest absolute Gasteiger partial charge is 0.466 e. The third kappa shape index (κ3) is 39.7. The van der Waals surface area contributed by atoms with Crippen LogP contribution in [0, 0.1) is 5.92 Å². The van der Waals surface area contributed by atoms with E-state index < -0.39 is 0 Å². The van der Waals surface area contributed by atoms with E-state index in [1.165, 1.54) is 212 Å². The van der Waals surface area contributed by atoms with Crippen molar-refractivity contribution in [2.24, 2.45) is 5.92 Å². The number of carbonyl (C=O) groups excluding carboxylic acids is 1. The van der Waals surface area contributed by atoms with Gasteiger partial charge in [0.1, 0.15) is 0 Å². The van der Waals surface area contributed by atoms with Gasteiger partial charge >= 0.3 is 5.97 Å². The maximum absolute atomic E-state index is 11.9. The SMILES string of the molecule is CCCCCCCCCCCCCCCCC(CCCCCCCCCCCCCCCC)CCCCCOC(=O)CCCN(C)C. The Labute approximate surface area is 297 Å². The summed E-state index contributed by atoms with van der Waals surface area (Å²) in [6, 6.07) is 0. The zero-order valence-electron chi connectivity index (χ0n) is 33.2. The second-order valence-corrected chi connectivity index (χ2v) is 15.6. The Morgan fingerprint density at radius 3 is 1.04 bits per heavy atom. The van der Waals surface area contributed by atoms with Crippen LogP contribution >= 0.6 is 0 Å². The number of unbranched alkanes of at least 4 members (excludes halogenated alkanes) is 28. The van der Waals surface area contributed by atoms with Gasteiger partial charge in [0, 0.05) is 6.42 Å². The zero-order chi connectivity index (χ0) is 34.3. The van der Waals surface area contributed by atoms with Crippen molar-refractivity contribution in [3.63, 3.8) is 0 Å². The van der Waals surface area contributed by atoms with Crippen LogP contribution in [-0.4, -0.2) is 38.1 Å². The fraction of sp³-hybridized carbons (Fsp3) is 0.977. The number of ether oxygens (including phenoxy) is 1. The fourth-order valence-corrected chi connectivity index (χ4v) is 7.20. The second kappa shape index (κ2) is 39.9. The monoisotopic (exact) mass is 664 g/mol. The van der Waals surface area contributed by atoms with E-state index in [1.54, 1.807) is 0 Å². The van der Waals surface area contributed by atoms with Crippen LogP contribution in [0.25, 0.3) is 0 Å². The summed E-state index contributed by atoms with van der Waals surface area (Å²) in [7, 11) is 4.11. The summed E-state index contributed by atoms with van der Waals surface area (Å²) in [6.07, 6.45) is 49.8. The van der Waals surface area contributed by atoms with Crippen molar-refractivity contribution in [2.45, 2.75) is 245 Å². The Morgan fingerprint density at radius 1 is 0.426 bits per heavy atom. The molecule has 0 N–H and O–H groups in total. The fourth-order valence-electron chi connectivity index (χ4n) is 7.20. The van der Waals surface area contributed by atoms with Crippen LogP contribution in [0.5, 0.6) is 0 Å². The predicted molar refractivity (Wildman–Crippen MR) is 211 cm³/mol. The van der Waals surface area contributed by atoms with E-state index in [4.69, 9.17) is 4.74 Å². The minimum atomic E-state index is -0.0136. The van der Waals surface area contributed by atoms with Crippen molar-refractivity contribution in [3.8, 4) is 0 Å². The number of esters is 1. The van der Waals surface area contributed by atoms with E-state index >= 15 is 0 Å². The van der Waals surface area contributed by atoms with Crippen molar-refractivity contribution in [3.05, 3.63) is 0 Å². The molecule has 0 aromatic heterocycles. The summed E-state index contributed by atoms with van der Waals surface area (Å²) in [6.45, 7) is 6.18. The lowest BCUT2D eigenvalue weighted by Crippen LogP contribution is -2.15. The Balaban J connectivity index is 3.99. The summed E-state index contributed by atoms with van der Waals surface area (Å²) in [4.78, 5) is 14.1. The third-order valence-corrected chi connectivity index (χ3v) is 10.4. The lowest BCUT2D eigenvalue weighted by atomic mass is 9.89. The van der Waals surface area contributed by atoms with Gasteiger partial charge in [-0.15, -0.1) is 0 Å². The van der Waals surface area contributed by atoms with Gasteiger partial charge in [0.2, 0.25) is 0 Å². The minimum Gasteiger partial charge on any atom is -0.466 e. The average Bonchev–Trinajstić information content (AvgIpc) is 3.06. The minimum absolute atomic E-state index is 0.0136. The molecule has 282 valence electrons. The van der Waals surface area contributed by atoms with Gasteiger partial charge in [-0.3, -0.25) is 4.79 Å². The van der Waals surface area contributed by atoms with Crippen LogP contribution in [0.15, 0.2) is 0 Å². The topological polar surface area (TPSA) is 29.5 Å². The Kier molecular flexibility index (Phi) is 39.4. The maximum atomic E-state index is 11.9. The van der Waals surface area contributed by atoms with Crippen LogP contribution in [0.2, 0.25) is 0 Å². The smallest absolute Gasteiger partial charge is 0.305 e. The molecule has 3 heteroatoms. The summed E-state index contributed by atoms with van der Waals surface area (Å²) in [5.41, 5.74) is 0. The lowest BCUT2D eigenvalue weighted by molar-refractivity contribution is -0.143. The highest BCUT2D eigenvalue weighted by atomic mass is 16.5. The molecule has 0 fully saturated rings. The second-order valence-electron chi connectivity index (χ2n) is 15.6. The average molecular weight is 664 g/mol. The third-order valence-electron chi connectivity index (χ3n) is 10.4. The number of carbonyl (C=O) groups is 1. The molecule has 0 spiro atoms. The Bertz CT molecular complexity index is 559. The number of hydrogen-bond donors (Lipinski definition) is 0. The summed E-state index contributed by atoms with van der Waals surface area (Å²) >= 11 is 0. The molecular weight excluding hydrogens is 574 g/mol. The first-order valence-corrected chi connectivity index (χ1v) is 21.9. The molecule has 0 aliphatic carbocycles. The van der Waals surface area contributed by atoms with Crippen molar-refractivity contribution in [1.29, 1.82) is 0 Å². The zero-order valence-corrected chi connectivity index (χ0v) is 33.2. The van der Waals surface area contributed by atoms with Gasteiger partial charge in [-0.05, 0) is 39.4 Å². The van der Waals surface area contributed by atoms with E-state index in [9.17, 15) is 4.79 Å². The molecule has 0 rings (SSSR count). The van der Waals surface area contributed by atoms with E-state index in [-0.39, 0.29) is 5.97 Å². The Morgan fingerprint density at radius 2 is 0.723 bits per heavy atom. The molecule has 0 bridgehead atoms. The molecular formula is C44H89NO2. The lowest BCUT2D eigenvalue weighted by Gasteiger charge is -2.17. The molecule has 0 aliphatic rings. The first-order chi connectivity index (χ1) is 23.1. The van der Waals surface area contributed by atoms with E-state index in [1.807, 2.05) is 0 Å². The van der Waals surface area contributed by atoms with Crippen molar-refractivity contribution in [2.75, 3.05) is 27.2 Å². The van der Waals surface area contributed by atoms with Gasteiger partial charge in [-0.1, -0.05) is 226 Å². The molecule has 0 heterocycles. The van der Waals surface area contributed by atoms with Gasteiger partial charge in [-0.2, -0.15) is 0 Å². The molecule has 0 aromatic carbocycles. The summed E-state index contributed by atoms with van der Waals surface area (Å²) in [5.74, 6) is 0.901. The van der Waals surface area contributed by atoms with E-state index in [2.05, 4.69) is 32.8 Å². The van der Waals surface area contributed by atoms with Crippen LogP contribution in [-0.2, 0) is 9.53 Å². The molecule has 47 heavy (non-hydrogen) atoms. The van der Waals surface area contributed by atoms with Gasteiger partial charge in [0.15, 0.2) is 0 Å². The summed E-state index contributed by atoms with van der Waals surface area (Å²) < 4.78 is 5.49. The first kappa shape index (κ1) is 46.4. The number of nitrogens with zero attached hydrogens (tertiary/aromatic N) is 1. The predicted octanol–water partition coefficient (Wildman–Crippen LogP) is 14.8. The highest BCUT2D eigenvalue weighted by Gasteiger charge is 2.09. The van der Waals surface area contributed by atoms with Crippen molar-refractivity contribution in [1.82, 2.24) is 4.90 Å². The van der Waals surface area contributed by atoms with Gasteiger partial charge in [-0.25, -0.2) is 0 Å². The number of hydrogen-bond acceptors (Lipinski definition) is 3. The van der Waals surface area contributed by atoms with E-state index in [0.717, 1.165) is 25.3 Å². The molecule has 0 radical (unpaired) electrons. The quantitative estimate of drug-likeness (QED) is 0.0482. The molecule has 0 amide bonds. The van der Waals surface area contributed by atoms with Crippen LogP contribution in [0.1, 0.15) is 245 Å². The number of rotatable bonds is 40.